The fraction of sp³-hybridized carbons (Fsp3) is 0.500. The van der Waals surface area contributed by atoms with Crippen LogP contribution in [0.3, 0.4) is 0 Å². The van der Waals surface area contributed by atoms with Crippen molar-refractivity contribution in [3.05, 3.63) is 12.2 Å². The van der Waals surface area contributed by atoms with Gasteiger partial charge in [0.1, 0.15) is 0 Å². The molecule has 0 N–H and O–H groups in total. The Morgan fingerprint density at radius 3 is 1.50 bits per heavy atom. The summed E-state index contributed by atoms with van der Waals surface area (Å²) in [5.41, 5.74) is 1.17. The Kier molecular flexibility index (Phi) is 1.03. The van der Waals surface area contributed by atoms with Crippen LogP contribution in [0, 0.1) is 0 Å². The molecule has 0 rings (SSSR count). The molecule has 0 aromatic carbocycles. The second-order valence-electron chi connectivity index (χ2n) is 1.21. The lowest BCUT2D eigenvalue weighted by Crippen LogP contribution is -1.43. The molecule has 0 aromatic rings. The van der Waals surface area contributed by atoms with Gasteiger partial charge in [0.25, 0.3) is 0 Å². The largest absolute Gasteiger partial charge is 0.100 e. The molecular formula is C4H8. The summed E-state index contributed by atoms with van der Waals surface area (Å²) in [5.74, 6) is 0. The van der Waals surface area contributed by atoms with Gasteiger partial charge in [-0.15, -0.1) is 6.58 Å². The van der Waals surface area contributed by atoms with Crippen LogP contribution in [0.4, 0.5) is 0 Å². The quantitative estimate of drug-likeness (QED) is 0.294. The van der Waals surface area contributed by atoms with Gasteiger partial charge in [-0.1, -0.05) is 5.57 Å². The molecule has 0 saturated heterocycles. The van der Waals surface area contributed by atoms with Gasteiger partial charge in [0.2, 0.25) is 0 Å². The zero-order valence-electron chi connectivity index (χ0n) is 3.21. The second-order valence-corrected chi connectivity index (χ2v) is 1.21. The van der Waals surface area contributed by atoms with E-state index in [1.807, 2.05) is 13.8 Å². The summed E-state index contributed by atoms with van der Waals surface area (Å²) in [4.78, 5) is 0. The maximum Gasteiger partial charge on any atom is -0.0445 e. The van der Waals surface area contributed by atoms with Crippen molar-refractivity contribution < 1.29 is 0 Å². The summed E-state index contributed by atoms with van der Waals surface area (Å²) >= 11 is 0. The van der Waals surface area contributed by atoms with Gasteiger partial charge < -0.3 is 0 Å². The van der Waals surface area contributed by atoms with E-state index in [-0.39, 0.29) is 0 Å². The zero-order valence-corrected chi connectivity index (χ0v) is 3.21. The molecule has 0 aliphatic heterocycles. The Labute approximate surface area is 27.1 Å². The average Bonchev–Trinajstić information content (AvgIpc) is 0.811. The van der Waals surface area contributed by atoms with Gasteiger partial charge in [0.15, 0.2) is 0 Å². The minimum absolute atomic E-state index is 1.17. The molecule has 0 amide bonds. The van der Waals surface area contributed by atoms with Crippen molar-refractivity contribution in [3.63, 3.8) is 0 Å². The summed E-state index contributed by atoms with van der Waals surface area (Å²) in [7, 11) is 0. The average molecular weight is 60.1 g/mol. The van der Waals surface area contributed by atoms with Gasteiger partial charge in [-0.25, -0.2) is 0 Å². The highest BCUT2D eigenvalue weighted by Crippen LogP contribution is 1.73. The third-order valence-electron chi connectivity index (χ3n) is 0. The van der Waals surface area contributed by atoms with Crippen molar-refractivity contribution in [1.29, 1.82) is 0 Å². The highest BCUT2D eigenvalue weighted by molar-refractivity contribution is 4.78. The molecule has 0 unspecified atom stereocenters. The Morgan fingerprint density at radius 1 is 1.50 bits per heavy atom. The van der Waals surface area contributed by atoms with Gasteiger partial charge in [-0.3, -0.25) is 0 Å². The second kappa shape index (κ2) is 1.10. The summed E-state index contributed by atoms with van der Waals surface area (Å²) in [6.45, 7) is 7.50. The lowest BCUT2D eigenvalue weighted by molar-refractivity contribution is 1.42. The molecule has 0 saturated carbocycles. The van der Waals surface area contributed by atoms with Gasteiger partial charge in [0, 0.05) is 0 Å². The smallest absolute Gasteiger partial charge is 0.0445 e. The van der Waals surface area contributed by atoms with E-state index >= 15 is 0 Å². The predicted molar refractivity (Wildman–Crippen MR) is 20.5 cm³/mol. The Morgan fingerprint density at radius 2 is 1.50 bits per heavy atom. The van der Waals surface area contributed by atoms with Gasteiger partial charge in [0.05, 0.1) is 0 Å². The van der Waals surface area contributed by atoms with Gasteiger partial charge >= 0.3 is 0 Å². The predicted octanol–water partition coefficient (Wildman–Crippen LogP) is 1.58. The van der Waals surface area contributed by atoms with Crippen LogP contribution in [0.1, 0.15) is 13.8 Å². The number of hydrogen-bond donors (Lipinski definition) is 0. The minimum atomic E-state index is 1.17. The lowest BCUT2D eigenvalue weighted by atomic mass is 11.4. The van der Waals surface area contributed by atoms with Gasteiger partial charge in [-0.2, -0.15) is 0 Å². The highest BCUT2D eigenvalue weighted by atomic mass is 14.6. The fourth-order valence-electron chi connectivity index (χ4n) is 0. The van der Waals surface area contributed by atoms with Crippen LogP contribution in [0.15, 0.2) is 12.2 Å². The number of allylic oxidation sites excluding steroid dienone is 1. The Hall–Kier alpha value is -0.260. The minimum Gasteiger partial charge on any atom is -0.100 e. The molecule has 0 aliphatic rings. The van der Waals surface area contributed by atoms with Crippen LogP contribution in [0.25, 0.3) is 0 Å². The van der Waals surface area contributed by atoms with E-state index in [2.05, 4.69) is 6.58 Å². The summed E-state index contributed by atoms with van der Waals surface area (Å²) < 4.78 is 0. The van der Waals surface area contributed by atoms with Crippen molar-refractivity contribution in [2.24, 2.45) is 0 Å². The molecule has 24 valence electrons. The van der Waals surface area contributed by atoms with Gasteiger partial charge in [-0.05, 0) is 13.8 Å². The normalized spacial score (nSPS) is 6.50. The van der Waals surface area contributed by atoms with E-state index in [0.717, 1.165) is 0 Å². The van der Waals surface area contributed by atoms with E-state index < -0.39 is 0 Å². The van der Waals surface area contributed by atoms with Crippen molar-refractivity contribution in [1.82, 2.24) is 0 Å². The first-order valence-electron chi connectivity index (χ1n) is 1.35. The molecule has 4 heavy (non-hydrogen) atoms. The molecule has 0 fully saturated rings. The van der Waals surface area contributed by atoms with Crippen LogP contribution in [0.5, 0.6) is 0 Å². The van der Waals surface area contributed by atoms with E-state index in [4.69, 9.17) is 0 Å². The molecule has 0 spiro atoms. The van der Waals surface area contributed by atoms with Crippen molar-refractivity contribution in [3.8, 4) is 0 Å². The number of hydrogen-bond acceptors (Lipinski definition) is 0. The third kappa shape index (κ3) is 14.1. The summed E-state index contributed by atoms with van der Waals surface area (Å²) in [6.07, 6.45) is 0. The first kappa shape index (κ1) is 3.74. The number of rotatable bonds is 0. The standard InChI is InChI=1S/C4H8/c1-4(2)3/h1H2,2-3H3/i1+1,2+1,3+1,4+1. The molecule has 0 heterocycles. The monoisotopic (exact) mass is 60.1 g/mol. The van der Waals surface area contributed by atoms with E-state index in [1.165, 1.54) is 5.57 Å². The molecule has 0 aliphatic carbocycles. The molecular weight excluding hydrogens is 52.0 g/mol. The summed E-state index contributed by atoms with van der Waals surface area (Å²) in [5, 5.41) is 0. The van der Waals surface area contributed by atoms with Crippen LogP contribution in [0.2, 0.25) is 0 Å². The molecule has 0 bridgehead atoms. The topological polar surface area (TPSA) is 0 Å². The molecule has 0 radical (unpaired) electrons. The molecule has 0 atom stereocenters. The van der Waals surface area contributed by atoms with Crippen molar-refractivity contribution >= 4 is 0 Å². The SMILES string of the molecule is [13CH2]=[13C]([13CH3])[13CH3]. The highest BCUT2D eigenvalue weighted by Gasteiger charge is 1.51. The maximum atomic E-state index is 3.56. The van der Waals surface area contributed by atoms with Crippen molar-refractivity contribution in [2.45, 2.75) is 13.8 Å². The zero-order chi connectivity index (χ0) is 3.58. The van der Waals surface area contributed by atoms with E-state index in [9.17, 15) is 0 Å². The first-order valence-corrected chi connectivity index (χ1v) is 1.35. The van der Waals surface area contributed by atoms with Crippen LogP contribution in [-0.2, 0) is 0 Å². The molecule has 0 heteroatoms. The maximum absolute atomic E-state index is 3.56. The fourth-order valence-corrected chi connectivity index (χ4v) is 0. The first-order chi connectivity index (χ1) is 1.73. The summed E-state index contributed by atoms with van der Waals surface area (Å²) in [6, 6.07) is 0. The van der Waals surface area contributed by atoms with Crippen LogP contribution < -0.4 is 0 Å². The van der Waals surface area contributed by atoms with Crippen molar-refractivity contribution in [2.75, 3.05) is 0 Å². The Bertz CT molecular complexity index is 23.0. The molecule has 0 nitrogen and oxygen atoms in total. The van der Waals surface area contributed by atoms with Crippen LogP contribution in [-0.4, -0.2) is 0 Å². The van der Waals surface area contributed by atoms with Crippen LogP contribution >= 0.6 is 0 Å². The lowest BCUT2D eigenvalue weighted by Gasteiger charge is -1.65. The van der Waals surface area contributed by atoms with E-state index in [0.29, 0.717) is 0 Å². The Balaban J connectivity index is 2.80. The van der Waals surface area contributed by atoms with E-state index in [1.54, 1.807) is 0 Å². The third-order valence-corrected chi connectivity index (χ3v) is 0. The molecule has 0 aromatic heterocycles.